The number of nitriles is 1. The number of aromatic hydroxyl groups is 1. The van der Waals surface area contributed by atoms with Gasteiger partial charge in [0.25, 0.3) is 0 Å². The van der Waals surface area contributed by atoms with Crippen molar-refractivity contribution in [3.05, 3.63) is 28.9 Å². The highest BCUT2D eigenvalue weighted by atomic mass is 32.1. The van der Waals surface area contributed by atoms with Gasteiger partial charge in [-0.15, -0.1) is 11.3 Å². The van der Waals surface area contributed by atoms with Gasteiger partial charge in [-0.05, 0) is 18.2 Å². The number of phenolic OH excluding ortho intramolecular Hbond substituents is 1. The molecule has 0 aliphatic carbocycles. The van der Waals surface area contributed by atoms with Crippen LogP contribution in [0.2, 0.25) is 0 Å². The smallest absolute Gasteiger partial charge is 0.145 e. The van der Waals surface area contributed by atoms with Crippen LogP contribution in [0.5, 0.6) is 5.75 Å². The van der Waals surface area contributed by atoms with Gasteiger partial charge in [-0.1, -0.05) is 0 Å². The molecule has 1 aromatic heterocycles. The molecule has 0 spiro atoms. The third kappa shape index (κ3) is 1.32. The summed E-state index contributed by atoms with van der Waals surface area (Å²) in [5.74, 6) is -0.228. The Bertz CT molecular complexity index is 527. The molecule has 0 saturated heterocycles. The topological polar surface area (TPSA) is 44.0 Å². The molecule has 1 aromatic carbocycles. The van der Waals surface area contributed by atoms with Crippen molar-refractivity contribution in [3.63, 3.8) is 0 Å². The largest absolute Gasteiger partial charge is 0.508 e. The first-order valence-corrected chi connectivity index (χ1v) is 4.81. The Hall–Kier alpha value is -1.60. The summed E-state index contributed by atoms with van der Waals surface area (Å²) in [6.45, 7) is 0. The summed E-state index contributed by atoms with van der Waals surface area (Å²) in [5, 5.41) is 18.1. The zero-order chi connectivity index (χ0) is 10.1. The fraction of sp³-hybridized carbons (Fsp3) is 0.100. The molecule has 0 unspecified atom stereocenters. The minimum absolute atomic E-state index is 0.0753. The normalized spacial score (nSPS) is 10.3. The van der Waals surface area contributed by atoms with Crippen LogP contribution in [0.3, 0.4) is 0 Å². The molecule has 2 rings (SSSR count). The lowest BCUT2D eigenvalue weighted by molar-refractivity contribution is 0.476. The van der Waals surface area contributed by atoms with Crippen LogP contribution < -0.4 is 0 Å². The van der Waals surface area contributed by atoms with Gasteiger partial charge in [0, 0.05) is 10.1 Å². The number of hydrogen-bond acceptors (Lipinski definition) is 3. The van der Waals surface area contributed by atoms with Crippen molar-refractivity contribution < 1.29 is 9.50 Å². The summed E-state index contributed by atoms with van der Waals surface area (Å²) in [6, 6.07) is 6.38. The van der Waals surface area contributed by atoms with E-state index in [0.717, 1.165) is 0 Å². The quantitative estimate of drug-likeness (QED) is 0.781. The first-order chi connectivity index (χ1) is 6.72. The molecule has 0 amide bonds. The molecule has 0 aliphatic heterocycles. The minimum atomic E-state index is -0.341. The highest BCUT2D eigenvalue weighted by Crippen LogP contribution is 2.32. The van der Waals surface area contributed by atoms with Crippen molar-refractivity contribution >= 4 is 21.4 Å². The minimum Gasteiger partial charge on any atom is -0.508 e. The fourth-order valence-electron chi connectivity index (χ4n) is 1.29. The average molecular weight is 207 g/mol. The molecule has 1 heterocycles. The van der Waals surface area contributed by atoms with Crippen LogP contribution in [0.4, 0.5) is 4.39 Å². The van der Waals surface area contributed by atoms with Gasteiger partial charge in [-0.2, -0.15) is 5.26 Å². The van der Waals surface area contributed by atoms with E-state index in [1.165, 1.54) is 29.5 Å². The van der Waals surface area contributed by atoms with E-state index in [4.69, 9.17) is 5.26 Å². The van der Waals surface area contributed by atoms with Crippen LogP contribution in [0, 0.1) is 17.1 Å². The van der Waals surface area contributed by atoms with Crippen LogP contribution in [-0.2, 0) is 6.42 Å². The molecular formula is C10H6FNOS. The maximum absolute atomic E-state index is 13.5. The molecule has 0 fully saturated rings. The summed E-state index contributed by atoms with van der Waals surface area (Å²) >= 11 is 1.21. The van der Waals surface area contributed by atoms with E-state index in [2.05, 4.69) is 0 Å². The zero-order valence-corrected chi connectivity index (χ0v) is 7.94. The van der Waals surface area contributed by atoms with Gasteiger partial charge in [0.05, 0.1) is 17.4 Å². The number of hydrogen-bond donors (Lipinski definition) is 1. The Balaban J connectivity index is 2.68. The average Bonchev–Trinajstić information content (AvgIpc) is 2.44. The first-order valence-electron chi connectivity index (χ1n) is 3.99. The van der Waals surface area contributed by atoms with E-state index in [1.54, 1.807) is 0 Å². The maximum Gasteiger partial charge on any atom is 0.145 e. The van der Waals surface area contributed by atoms with Gasteiger partial charge in [-0.3, -0.25) is 0 Å². The van der Waals surface area contributed by atoms with Gasteiger partial charge < -0.3 is 5.11 Å². The van der Waals surface area contributed by atoms with Crippen molar-refractivity contribution in [3.8, 4) is 11.8 Å². The third-order valence-electron chi connectivity index (χ3n) is 1.92. The lowest BCUT2D eigenvalue weighted by Gasteiger charge is -1.90. The Morgan fingerprint density at radius 3 is 3.00 bits per heavy atom. The zero-order valence-electron chi connectivity index (χ0n) is 7.12. The van der Waals surface area contributed by atoms with Gasteiger partial charge in [0.1, 0.15) is 11.6 Å². The van der Waals surface area contributed by atoms with Gasteiger partial charge in [0.15, 0.2) is 0 Å². The number of thiophene rings is 1. The van der Waals surface area contributed by atoms with E-state index in [-0.39, 0.29) is 18.0 Å². The van der Waals surface area contributed by atoms with Crippen molar-refractivity contribution in [2.75, 3.05) is 0 Å². The molecule has 70 valence electrons. The van der Waals surface area contributed by atoms with E-state index in [9.17, 15) is 9.50 Å². The van der Waals surface area contributed by atoms with Crippen LogP contribution >= 0.6 is 11.3 Å². The number of fused-ring (bicyclic) bond motifs is 1. The highest BCUT2D eigenvalue weighted by Gasteiger charge is 2.11. The number of phenols is 1. The third-order valence-corrected chi connectivity index (χ3v) is 3.05. The Morgan fingerprint density at radius 1 is 1.50 bits per heavy atom. The second-order valence-electron chi connectivity index (χ2n) is 2.85. The van der Waals surface area contributed by atoms with Crippen LogP contribution in [0.15, 0.2) is 18.2 Å². The fourth-order valence-corrected chi connectivity index (χ4v) is 2.34. The van der Waals surface area contributed by atoms with Crippen LogP contribution in [0.25, 0.3) is 10.1 Å². The van der Waals surface area contributed by atoms with E-state index in [0.29, 0.717) is 15.0 Å². The number of halogens is 1. The summed E-state index contributed by atoms with van der Waals surface area (Å²) < 4.78 is 14.2. The van der Waals surface area contributed by atoms with Crippen molar-refractivity contribution in [2.24, 2.45) is 0 Å². The molecule has 0 bridgehead atoms. The standard InChI is InChI=1S/C10H6FNOS/c11-10-7-2-1-6(13)5-9(7)14-8(10)3-4-12/h1-2,5,13H,3H2. The molecule has 2 nitrogen and oxygen atoms in total. The molecule has 0 aliphatic rings. The second-order valence-corrected chi connectivity index (χ2v) is 3.99. The Labute approximate surface area is 83.8 Å². The molecule has 4 heteroatoms. The van der Waals surface area contributed by atoms with E-state index in [1.807, 2.05) is 6.07 Å². The second kappa shape index (κ2) is 3.28. The van der Waals surface area contributed by atoms with Crippen molar-refractivity contribution in [1.82, 2.24) is 0 Å². The first kappa shape index (κ1) is 8.97. The molecule has 0 radical (unpaired) electrons. The van der Waals surface area contributed by atoms with Gasteiger partial charge >= 0.3 is 0 Å². The number of rotatable bonds is 1. The van der Waals surface area contributed by atoms with E-state index >= 15 is 0 Å². The van der Waals surface area contributed by atoms with E-state index < -0.39 is 0 Å². The number of benzene rings is 1. The van der Waals surface area contributed by atoms with Crippen LogP contribution in [0.1, 0.15) is 4.88 Å². The van der Waals surface area contributed by atoms with Gasteiger partial charge in [-0.25, -0.2) is 4.39 Å². The molecule has 0 atom stereocenters. The summed E-state index contributed by atoms with van der Waals surface area (Å²) in [7, 11) is 0. The van der Waals surface area contributed by atoms with Crippen molar-refractivity contribution in [1.29, 1.82) is 5.26 Å². The maximum atomic E-state index is 13.5. The molecular weight excluding hydrogens is 201 g/mol. The SMILES string of the molecule is N#CCc1sc2cc(O)ccc2c1F. The predicted octanol–water partition coefficient (Wildman–Crippen LogP) is 2.81. The summed E-state index contributed by atoms with van der Waals surface area (Å²) in [4.78, 5) is 0.424. The van der Waals surface area contributed by atoms with Crippen LogP contribution in [-0.4, -0.2) is 5.11 Å². The molecule has 2 aromatic rings. The highest BCUT2D eigenvalue weighted by molar-refractivity contribution is 7.19. The summed E-state index contributed by atoms with van der Waals surface area (Å²) in [5.41, 5.74) is 0. The monoisotopic (exact) mass is 207 g/mol. The van der Waals surface area contributed by atoms with Crippen molar-refractivity contribution in [2.45, 2.75) is 6.42 Å². The van der Waals surface area contributed by atoms with Gasteiger partial charge in [0.2, 0.25) is 0 Å². The molecule has 14 heavy (non-hydrogen) atoms. The molecule has 0 saturated carbocycles. The number of nitrogens with zero attached hydrogens (tertiary/aromatic N) is 1. The lowest BCUT2D eigenvalue weighted by atomic mass is 10.2. The lowest BCUT2D eigenvalue weighted by Crippen LogP contribution is -1.78. The summed E-state index contributed by atoms with van der Waals surface area (Å²) in [6.07, 6.45) is 0.0753. The Kier molecular flexibility index (Phi) is 2.10. The predicted molar refractivity (Wildman–Crippen MR) is 52.8 cm³/mol. The Morgan fingerprint density at radius 2 is 2.29 bits per heavy atom. The molecule has 1 N–H and O–H groups in total.